The van der Waals surface area contributed by atoms with Crippen LogP contribution in [0.25, 0.3) is 0 Å². The van der Waals surface area contributed by atoms with E-state index < -0.39 is 10.0 Å². The molecule has 0 unspecified atom stereocenters. The van der Waals surface area contributed by atoms with Crippen LogP contribution >= 0.6 is 0 Å². The Kier molecular flexibility index (Phi) is 8.06. The number of unbranched alkanes of at least 4 members (excludes halogenated alkanes) is 3. The maximum atomic E-state index is 11.8. The third kappa shape index (κ3) is 6.15. The van der Waals surface area contributed by atoms with Crippen molar-refractivity contribution < 1.29 is 8.42 Å². The van der Waals surface area contributed by atoms with Gasteiger partial charge in [-0.3, -0.25) is 0 Å². The molecular weight excluding hydrogens is 210 g/mol. The molecule has 0 fully saturated rings. The first-order valence-electron chi connectivity index (χ1n) is 6.06. The molecule has 0 N–H and O–H groups in total. The minimum Gasteiger partial charge on any atom is -0.212 e. The van der Waals surface area contributed by atoms with Gasteiger partial charge in [0.05, 0.1) is 5.75 Å². The number of nitrogens with zero attached hydrogens (tertiary/aromatic N) is 1. The van der Waals surface area contributed by atoms with Gasteiger partial charge in [0, 0.05) is 13.1 Å². The van der Waals surface area contributed by atoms with Crippen LogP contribution in [0.5, 0.6) is 0 Å². The van der Waals surface area contributed by atoms with Crippen LogP contribution in [0.3, 0.4) is 0 Å². The van der Waals surface area contributed by atoms with Crippen LogP contribution in [0.15, 0.2) is 0 Å². The molecule has 15 heavy (non-hydrogen) atoms. The van der Waals surface area contributed by atoms with Gasteiger partial charge in [-0.1, -0.05) is 40.0 Å². The summed E-state index contributed by atoms with van der Waals surface area (Å²) in [7, 11) is -2.98. The second kappa shape index (κ2) is 8.11. The summed E-state index contributed by atoms with van der Waals surface area (Å²) in [6.45, 7) is 7.30. The highest BCUT2D eigenvalue weighted by Gasteiger charge is 2.18. The molecule has 0 radical (unpaired) electrons. The number of hydrogen-bond acceptors (Lipinski definition) is 2. The van der Waals surface area contributed by atoms with Crippen molar-refractivity contribution in [2.75, 3.05) is 18.8 Å². The van der Waals surface area contributed by atoms with E-state index in [1.807, 2.05) is 13.8 Å². The molecule has 0 atom stereocenters. The van der Waals surface area contributed by atoms with Crippen molar-refractivity contribution in [2.24, 2.45) is 0 Å². The fourth-order valence-electron chi connectivity index (χ4n) is 1.58. The molecule has 0 aromatic heterocycles. The Labute approximate surface area is 94.9 Å². The molecule has 0 saturated heterocycles. The molecule has 0 heterocycles. The molecule has 0 aliphatic carbocycles. The van der Waals surface area contributed by atoms with E-state index in [9.17, 15) is 8.42 Å². The average Bonchev–Trinajstić information content (AvgIpc) is 2.20. The van der Waals surface area contributed by atoms with Crippen LogP contribution in [0.2, 0.25) is 0 Å². The van der Waals surface area contributed by atoms with Gasteiger partial charge < -0.3 is 0 Å². The summed E-state index contributed by atoms with van der Waals surface area (Å²) in [6.07, 6.45) is 5.00. The zero-order valence-corrected chi connectivity index (χ0v) is 11.1. The highest BCUT2D eigenvalue weighted by molar-refractivity contribution is 7.89. The Hall–Kier alpha value is -0.0900. The number of hydrogen-bond donors (Lipinski definition) is 0. The Morgan fingerprint density at radius 2 is 1.60 bits per heavy atom. The quantitative estimate of drug-likeness (QED) is 0.576. The average molecular weight is 235 g/mol. The fraction of sp³-hybridized carbons (Fsp3) is 1.00. The summed E-state index contributed by atoms with van der Waals surface area (Å²) in [5, 5.41) is 0. The molecule has 0 aromatic carbocycles. The SMILES string of the molecule is CCCCCCS(=O)(=O)N(CC)CCC. The Morgan fingerprint density at radius 1 is 0.933 bits per heavy atom. The Bertz CT molecular complexity index is 237. The van der Waals surface area contributed by atoms with Crippen LogP contribution in [-0.2, 0) is 10.0 Å². The molecule has 0 bridgehead atoms. The zero-order valence-electron chi connectivity index (χ0n) is 10.3. The van der Waals surface area contributed by atoms with Crippen LogP contribution in [0, 0.1) is 0 Å². The molecule has 0 amide bonds. The van der Waals surface area contributed by atoms with Crippen LogP contribution in [-0.4, -0.2) is 31.6 Å². The maximum absolute atomic E-state index is 11.8. The van der Waals surface area contributed by atoms with E-state index in [1.165, 1.54) is 0 Å². The van der Waals surface area contributed by atoms with E-state index in [0.29, 0.717) is 18.8 Å². The summed E-state index contributed by atoms with van der Waals surface area (Å²) >= 11 is 0. The first-order chi connectivity index (χ1) is 7.08. The minimum atomic E-state index is -2.98. The van der Waals surface area contributed by atoms with Gasteiger partial charge in [0.2, 0.25) is 10.0 Å². The van der Waals surface area contributed by atoms with Crippen LogP contribution in [0.4, 0.5) is 0 Å². The van der Waals surface area contributed by atoms with Gasteiger partial charge in [-0.05, 0) is 12.8 Å². The fourth-order valence-corrected chi connectivity index (χ4v) is 3.26. The lowest BCUT2D eigenvalue weighted by Crippen LogP contribution is -2.33. The lowest BCUT2D eigenvalue weighted by Gasteiger charge is -2.19. The summed E-state index contributed by atoms with van der Waals surface area (Å²) in [6, 6.07) is 0. The van der Waals surface area contributed by atoms with Gasteiger partial charge >= 0.3 is 0 Å². The van der Waals surface area contributed by atoms with E-state index in [2.05, 4.69) is 6.92 Å². The molecule has 0 rings (SSSR count). The lowest BCUT2D eigenvalue weighted by atomic mass is 10.2. The lowest BCUT2D eigenvalue weighted by molar-refractivity contribution is 0.425. The molecule has 3 nitrogen and oxygen atoms in total. The third-order valence-corrected chi connectivity index (χ3v) is 4.51. The van der Waals surface area contributed by atoms with E-state index in [-0.39, 0.29) is 0 Å². The Morgan fingerprint density at radius 3 is 2.07 bits per heavy atom. The van der Waals surface area contributed by atoms with Crippen molar-refractivity contribution in [2.45, 2.75) is 52.9 Å². The molecule has 0 spiro atoms. The second-order valence-corrected chi connectivity index (χ2v) is 5.96. The van der Waals surface area contributed by atoms with Gasteiger partial charge in [-0.2, -0.15) is 0 Å². The summed E-state index contributed by atoms with van der Waals surface area (Å²) in [5.74, 6) is 0.320. The molecule has 0 aliphatic rings. The number of rotatable bonds is 9. The van der Waals surface area contributed by atoms with Gasteiger partial charge in [0.15, 0.2) is 0 Å². The first-order valence-corrected chi connectivity index (χ1v) is 7.67. The normalized spacial score (nSPS) is 12.3. The molecule has 0 aliphatic heterocycles. The van der Waals surface area contributed by atoms with Crippen molar-refractivity contribution in [3.8, 4) is 0 Å². The van der Waals surface area contributed by atoms with Crippen LogP contribution < -0.4 is 0 Å². The smallest absolute Gasteiger partial charge is 0.212 e. The predicted octanol–water partition coefficient (Wildman–Crippen LogP) is 2.63. The topological polar surface area (TPSA) is 37.4 Å². The van der Waals surface area contributed by atoms with Crippen molar-refractivity contribution >= 4 is 10.0 Å². The summed E-state index contributed by atoms with van der Waals surface area (Å²) < 4.78 is 25.3. The standard InChI is InChI=1S/C11H25NO2S/c1-4-7-8-9-11-15(13,14)12(6-3)10-5-2/h4-11H2,1-3H3. The molecule has 0 saturated carbocycles. The van der Waals surface area contributed by atoms with E-state index in [1.54, 1.807) is 4.31 Å². The van der Waals surface area contributed by atoms with Crippen molar-refractivity contribution in [3.05, 3.63) is 0 Å². The summed E-state index contributed by atoms with van der Waals surface area (Å²) in [5.41, 5.74) is 0. The highest BCUT2D eigenvalue weighted by Crippen LogP contribution is 2.07. The zero-order chi connectivity index (χ0) is 11.7. The van der Waals surface area contributed by atoms with E-state index in [4.69, 9.17) is 0 Å². The largest absolute Gasteiger partial charge is 0.214 e. The van der Waals surface area contributed by atoms with Crippen molar-refractivity contribution in [1.82, 2.24) is 4.31 Å². The number of sulfonamides is 1. The highest BCUT2D eigenvalue weighted by atomic mass is 32.2. The molecule has 0 aromatic rings. The minimum absolute atomic E-state index is 0.320. The predicted molar refractivity (Wildman–Crippen MR) is 65.5 cm³/mol. The van der Waals surface area contributed by atoms with Gasteiger partial charge in [0.25, 0.3) is 0 Å². The van der Waals surface area contributed by atoms with E-state index in [0.717, 1.165) is 32.1 Å². The monoisotopic (exact) mass is 235 g/mol. The maximum Gasteiger partial charge on any atom is 0.214 e. The van der Waals surface area contributed by atoms with Gasteiger partial charge in [0.1, 0.15) is 0 Å². The summed E-state index contributed by atoms with van der Waals surface area (Å²) in [4.78, 5) is 0. The van der Waals surface area contributed by atoms with Gasteiger partial charge in [-0.15, -0.1) is 0 Å². The Balaban J connectivity index is 4.02. The third-order valence-electron chi connectivity index (χ3n) is 2.47. The van der Waals surface area contributed by atoms with Crippen molar-refractivity contribution in [3.63, 3.8) is 0 Å². The second-order valence-electron chi connectivity index (χ2n) is 3.87. The molecule has 92 valence electrons. The van der Waals surface area contributed by atoms with Crippen LogP contribution in [0.1, 0.15) is 52.9 Å². The van der Waals surface area contributed by atoms with Crippen molar-refractivity contribution in [1.29, 1.82) is 0 Å². The first kappa shape index (κ1) is 14.9. The van der Waals surface area contributed by atoms with Gasteiger partial charge in [-0.25, -0.2) is 12.7 Å². The van der Waals surface area contributed by atoms with E-state index >= 15 is 0 Å². The molecular formula is C11H25NO2S. The molecule has 4 heteroatoms.